The van der Waals surface area contributed by atoms with Crippen molar-refractivity contribution in [3.05, 3.63) is 64.1 Å². The Hall–Kier alpha value is -1.85. The van der Waals surface area contributed by atoms with Gasteiger partial charge in [-0.05, 0) is 24.3 Å². The number of hydrogen-bond acceptors (Lipinski definition) is 3. The Labute approximate surface area is 135 Å². The second-order valence-corrected chi connectivity index (χ2v) is 6.06. The first kappa shape index (κ1) is 14.1. The van der Waals surface area contributed by atoms with Crippen molar-refractivity contribution in [2.24, 2.45) is 5.92 Å². The van der Waals surface area contributed by atoms with Crippen LogP contribution >= 0.6 is 28.1 Å². The predicted octanol–water partition coefficient (Wildman–Crippen LogP) is 3.88. The number of halogens is 1. The molecule has 0 amide bonds. The second-order valence-electron chi connectivity index (χ2n) is 4.70. The lowest BCUT2D eigenvalue weighted by atomic mass is 10.0. The van der Waals surface area contributed by atoms with Crippen LogP contribution in [0.25, 0.3) is 0 Å². The summed E-state index contributed by atoms with van der Waals surface area (Å²) < 4.78 is 0.944. The number of anilines is 1. The summed E-state index contributed by atoms with van der Waals surface area (Å²) in [5.74, 6) is -1.38. The van der Waals surface area contributed by atoms with E-state index in [1.54, 1.807) is 24.3 Å². The fourth-order valence-electron chi connectivity index (χ4n) is 2.33. The van der Waals surface area contributed by atoms with Gasteiger partial charge in [0, 0.05) is 21.3 Å². The summed E-state index contributed by atoms with van der Waals surface area (Å²) in [5.41, 5.74) is 1.65. The van der Waals surface area contributed by atoms with Crippen LogP contribution < -0.4 is 5.32 Å². The highest BCUT2D eigenvalue weighted by Gasteiger charge is 2.40. The molecule has 1 aliphatic rings. The first-order valence-corrected chi connectivity index (χ1v) is 7.52. The van der Waals surface area contributed by atoms with Gasteiger partial charge in [0.05, 0.1) is 4.99 Å². The molecule has 3 nitrogen and oxygen atoms in total. The number of ketones is 2. The Bertz CT molecular complexity index is 720. The zero-order chi connectivity index (χ0) is 15.0. The third kappa shape index (κ3) is 2.54. The van der Waals surface area contributed by atoms with Gasteiger partial charge >= 0.3 is 0 Å². The van der Waals surface area contributed by atoms with E-state index in [-0.39, 0.29) is 16.6 Å². The third-order valence-corrected chi connectivity index (χ3v) is 4.22. The molecule has 0 saturated heterocycles. The first-order valence-electron chi connectivity index (χ1n) is 6.32. The molecule has 0 unspecified atom stereocenters. The van der Waals surface area contributed by atoms with Crippen molar-refractivity contribution in [3.8, 4) is 0 Å². The van der Waals surface area contributed by atoms with E-state index in [0.29, 0.717) is 11.1 Å². The lowest BCUT2D eigenvalue weighted by molar-refractivity contribution is 0.0885. The Morgan fingerprint density at radius 3 is 2.00 bits per heavy atom. The zero-order valence-electron chi connectivity index (χ0n) is 10.8. The highest BCUT2D eigenvalue weighted by Crippen LogP contribution is 2.28. The number of hydrogen-bond donors (Lipinski definition) is 1. The molecule has 0 fully saturated rings. The van der Waals surface area contributed by atoms with E-state index in [1.807, 2.05) is 24.3 Å². The van der Waals surface area contributed by atoms with Crippen LogP contribution in [0.15, 0.2) is 53.0 Å². The maximum absolute atomic E-state index is 12.3. The average Bonchev–Trinajstić information content (AvgIpc) is 2.74. The van der Waals surface area contributed by atoms with Gasteiger partial charge in [-0.2, -0.15) is 0 Å². The van der Waals surface area contributed by atoms with Crippen LogP contribution in [0.5, 0.6) is 0 Å². The quantitative estimate of drug-likeness (QED) is 0.652. The van der Waals surface area contributed by atoms with Gasteiger partial charge in [-0.1, -0.05) is 52.4 Å². The maximum atomic E-state index is 12.3. The molecule has 21 heavy (non-hydrogen) atoms. The molecule has 104 valence electrons. The molecule has 3 rings (SSSR count). The van der Waals surface area contributed by atoms with Crippen LogP contribution in [-0.4, -0.2) is 16.6 Å². The molecule has 0 spiro atoms. The SMILES string of the molecule is O=C1c2ccccc2C(=O)C1C(=S)Nc1ccc(Br)cc1. The van der Waals surface area contributed by atoms with Crippen molar-refractivity contribution in [2.75, 3.05) is 5.32 Å². The van der Waals surface area contributed by atoms with Crippen LogP contribution in [0, 0.1) is 5.92 Å². The van der Waals surface area contributed by atoms with Crippen LogP contribution in [0.1, 0.15) is 20.7 Å². The van der Waals surface area contributed by atoms with E-state index in [2.05, 4.69) is 21.2 Å². The molecular formula is C16H10BrNO2S. The molecule has 2 aromatic carbocycles. The average molecular weight is 360 g/mol. The minimum absolute atomic E-state index is 0.231. The summed E-state index contributed by atoms with van der Waals surface area (Å²) in [6.45, 7) is 0. The molecule has 2 aromatic rings. The number of benzene rings is 2. The van der Waals surface area contributed by atoms with Crippen molar-refractivity contribution in [1.82, 2.24) is 0 Å². The summed E-state index contributed by atoms with van der Waals surface area (Å²) in [6, 6.07) is 14.2. The molecule has 0 atom stereocenters. The summed E-state index contributed by atoms with van der Waals surface area (Å²) >= 11 is 8.61. The van der Waals surface area contributed by atoms with Crippen LogP contribution in [0.3, 0.4) is 0 Å². The number of thiocarbonyl (C=S) groups is 1. The van der Waals surface area contributed by atoms with Crippen LogP contribution in [-0.2, 0) is 0 Å². The van der Waals surface area contributed by atoms with Gasteiger partial charge in [0.1, 0.15) is 5.92 Å². The Balaban J connectivity index is 1.85. The minimum atomic E-state index is -0.916. The minimum Gasteiger partial charge on any atom is -0.349 e. The van der Waals surface area contributed by atoms with Gasteiger partial charge in [-0.3, -0.25) is 9.59 Å². The molecule has 1 N–H and O–H groups in total. The van der Waals surface area contributed by atoms with E-state index >= 15 is 0 Å². The van der Waals surface area contributed by atoms with Crippen molar-refractivity contribution >= 4 is 50.4 Å². The van der Waals surface area contributed by atoms with E-state index in [1.165, 1.54) is 0 Å². The number of fused-ring (bicyclic) bond motifs is 1. The summed E-state index contributed by atoms with van der Waals surface area (Å²) in [7, 11) is 0. The monoisotopic (exact) mass is 359 g/mol. The summed E-state index contributed by atoms with van der Waals surface area (Å²) in [4.78, 5) is 24.9. The zero-order valence-corrected chi connectivity index (χ0v) is 13.2. The topological polar surface area (TPSA) is 46.2 Å². The Morgan fingerprint density at radius 1 is 0.952 bits per heavy atom. The fraction of sp³-hybridized carbons (Fsp3) is 0.0625. The highest BCUT2D eigenvalue weighted by molar-refractivity contribution is 9.10. The normalized spacial score (nSPS) is 14.1. The Morgan fingerprint density at radius 2 is 1.48 bits per heavy atom. The molecule has 0 aliphatic heterocycles. The van der Waals surface area contributed by atoms with Crippen molar-refractivity contribution in [1.29, 1.82) is 0 Å². The molecule has 5 heteroatoms. The van der Waals surface area contributed by atoms with Gasteiger partial charge in [0.2, 0.25) is 0 Å². The van der Waals surface area contributed by atoms with Gasteiger partial charge in [-0.15, -0.1) is 0 Å². The number of rotatable bonds is 2. The number of carbonyl (C=O) groups excluding carboxylic acids is 2. The van der Waals surface area contributed by atoms with Gasteiger partial charge in [0.25, 0.3) is 0 Å². The Kier molecular flexibility index (Phi) is 3.69. The van der Waals surface area contributed by atoms with Gasteiger partial charge in [0.15, 0.2) is 11.6 Å². The van der Waals surface area contributed by atoms with E-state index in [0.717, 1.165) is 10.2 Å². The number of Topliss-reactive ketones (excluding diaryl/α,β-unsaturated/α-hetero) is 2. The molecule has 1 aliphatic carbocycles. The first-order chi connectivity index (χ1) is 10.1. The molecular weight excluding hydrogens is 350 g/mol. The lowest BCUT2D eigenvalue weighted by Crippen LogP contribution is -2.29. The molecule has 0 radical (unpaired) electrons. The van der Waals surface area contributed by atoms with Crippen molar-refractivity contribution in [2.45, 2.75) is 0 Å². The largest absolute Gasteiger partial charge is 0.349 e. The number of nitrogens with one attached hydrogen (secondary N) is 1. The predicted molar refractivity (Wildman–Crippen MR) is 89.0 cm³/mol. The van der Waals surface area contributed by atoms with Gasteiger partial charge < -0.3 is 5.32 Å². The maximum Gasteiger partial charge on any atom is 0.181 e. The highest BCUT2D eigenvalue weighted by atomic mass is 79.9. The number of carbonyl (C=O) groups is 2. The van der Waals surface area contributed by atoms with E-state index in [4.69, 9.17) is 12.2 Å². The third-order valence-electron chi connectivity index (χ3n) is 3.36. The molecule has 0 bridgehead atoms. The molecule has 0 heterocycles. The lowest BCUT2D eigenvalue weighted by Gasteiger charge is -2.12. The summed E-state index contributed by atoms with van der Waals surface area (Å²) in [6.07, 6.45) is 0. The smallest absolute Gasteiger partial charge is 0.181 e. The molecule has 0 saturated carbocycles. The van der Waals surface area contributed by atoms with Crippen LogP contribution in [0.2, 0.25) is 0 Å². The van der Waals surface area contributed by atoms with E-state index < -0.39 is 5.92 Å². The van der Waals surface area contributed by atoms with Crippen LogP contribution in [0.4, 0.5) is 5.69 Å². The van der Waals surface area contributed by atoms with Gasteiger partial charge in [-0.25, -0.2) is 0 Å². The standard InChI is InChI=1S/C16H10BrNO2S/c17-9-5-7-10(8-6-9)18-16(21)13-14(19)11-3-1-2-4-12(11)15(13)20/h1-8,13H,(H,18,21). The molecule has 0 aromatic heterocycles. The summed E-state index contributed by atoms with van der Waals surface area (Å²) in [5, 5.41) is 2.98. The fourth-order valence-corrected chi connectivity index (χ4v) is 2.92. The van der Waals surface area contributed by atoms with Crippen molar-refractivity contribution in [3.63, 3.8) is 0 Å². The van der Waals surface area contributed by atoms with E-state index in [9.17, 15) is 9.59 Å². The van der Waals surface area contributed by atoms with Crippen molar-refractivity contribution < 1.29 is 9.59 Å². The second kappa shape index (κ2) is 5.50.